The molecule has 0 radical (unpaired) electrons. The Morgan fingerprint density at radius 1 is 1.21 bits per heavy atom. The fraction of sp³-hybridized carbons (Fsp3) is 0.476. The van der Waals surface area contributed by atoms with Crippen LogP contribution in [0.2, 0.25) is 0 Å². The van der Waals surface area contributed by atoms with Gasteiger partial charge in [0.25, 0.3) is 11.8 Å². The van der Waals surface area contributed by atoms with Gasteiger partial charge in [0.05, 0.1) is 34.3 Å². The zero-order valence-electron chi connectivity index (χ0n) is 16.1. The molecule has 2 fully saturated rings. The number of carbonyl (C=O) groups is 2. The van der Waals surface area contributed by atoms with Crippen LogP contribution in [0.4, 0.5) is 0 Å². The molecule has 0 aromatic heterocycles. The topological polar surface area (TPSA) is 68.2 Å². The summed E-state index contributed by atoms with van der Waals surface area (Å²) in [5.41, 5.74) is 0.753. The molecule has 1 aromatic carbocycles. The van der Waals surface area contributed by atoms with E-state index in [1.54, 1.807) is 6.21 Å². The fourth-order valence-electron chi connectivity index (χ4n) is 4.40. The van der Waals surface area contributed by atoms with E-state index in [0.717, 1.165) is 20.6 Å². The number of hydrogen-bond donors (Lipinski definition) is 0. The Bertz CT molecular complexity index is 849. The lowest BCUT2D eigenvalue weighted by Gasteiger charge is -2.17. The van der Waals surface area contributed by atoms with Gasteiger partial charge in [0.2, 0.25) is 0 Å². The minimum absolute atomic E-state index is 0.0236. The molecular formula is C21H23IN2O4. The summed E-state index contributed by atoms with van der Waals surface area (Å²) in [4.78, 5) is 25.5. The summed E-state index contributed by atoms with van der Waals surface area (Å²) in [7, 11) is 0. The Morgan fingerprint density at radius 2 is 1.86 bits per heavy atom. The molecule has 4 unspecified atom stereocenters. The van der Waals surface area contributed by atoms with Gasteiger partial charge in [-0.05, 0) is 79.3 Å². The quantitative estimate of drug-likeness (QED) is 0.262. The van der Waals surface area contributed by atoms with Crippen molar-refractivity contribution in [1.82, 2.24) is 5.01 Å². The number of benzene rings is 1. The SMILES string of the molecule is CCOc1cc(C=NN2C(=O)C3C4C=CC(C4)C3C2=O)cc(I)c1OC(C)C. The molecule has 3 aliphatic rings. The smallest absolute Gasteiger partial charge is 0.254 e. The molecule has 7 heteroatoms. The van der Waals surface area contributed by atoms with Crippen molar-refractivity contribution in [3.05, 3.63) is 33.4 Å². The van der Waals surface area contributed by atoms with Gasteiger partial charge in [-0.3, -0.25) is 9.59 Å². The molecule has 1 aliphatic heterocycles. The van der Waals surface area contributed by atoms with Crippen molar-refractivity contribution in [3.63, 3.8) is 0 Å². The summed E-state index contributed by atoms with van der Waals surface area (Å²) in [6, 6.07) is 3.73. The zero-order valence-corrected chi connectivity index (χ0v) is 18.3. The second kappa shape index (κ2) is 7.50. The summed E-state index contributed by atoms with van der Waals surface area (Å²) in [5.74, 6) is 0.864. The van der Waals surface area contributed by atoms with Gasteiger partial charge < -0.3 is 9.47 Å². The van der Waals surface area contributed by atoms with Crippen LogP contribution in [0.3, 0.4) is 0 Å². The molecule has 28 heavy (non-hydrogen) atoms. The molecule has 1 aromatic rings. The Hall–Kier alpha value is -1.90. The second-order valence-corrected chi connectivity index (χ2v) is 8.82. The van der Waals surface area contributed by atoms with Crippen molar-refractivity contribution in [2.45, 2.75) is 33.3 Å². The number of imide groups is 1. The molecule has 0 spiro atoms. The van der Waals surface area contributed by atoms with Crippen molar-refractivity contribution in [2.75, 3.05) is 6.61 Å². The molecule has 4 rings (SSSR count). The molecule has 2 bridgehead atoms. The van der Waals surface area contributed by atoms with Crippen molar-refractivity contribution in [2.24, 2.45) is 28.8 Å². The van der Waals surface area contributed by atoms with Gasteiger partial charge in [-0.25, -0.2) is 0 Å². The van der Waals surface area contributed by atoms with E-state index in [9.17, 15) is 9.59 Å². The first kappa shape index (κ1) is 19.4. The summed E-state index contributed by atoms with van der Waals surface area (Å²) in [5, 5.41) is 5.31. The Balaban J connectivity index is 1.58. The maximum atomic E-state index is 12.7. The van der Waals surface area contributed by atoms with Crippen molar-refractivity contribution < 1.29 is 19.1 Å². The minimum atomic E-state index is -0.236. The highest BCUT2D eigenvalue weighted by molar-refractivity contribution is 14.1. The first-order valence-corrected chi connectivity index (χ1v) is 10.7. The number of ether oxygens (including phenoxy) is 2. The van der Waals surface area contributed by atoms with Gasteiger partial charge in [-0.2, -0.15) is 10.1 Å². The van der Waals surface area contributed by atoms with E-state index in [1.165, 1.54) is 0 Å². The summed E-state index contributed by atoms with van der Waals surface area (Å²) in [6.07, 6.45) is 6.65. The summed E-state index contributed by atoms with van der Waals surface area (Å²) in [6.45, 7) is 6.35. The molecule has 0 N–H and O–H groups in total. The largest absolute Gasteiger partial charge is 0.490 e. The van der Waals surface area contributed by atoms with Crippen LogP contribution in [0.15, 0.2) is 29.4 Å². The lowest BCUT2D eigenvalue weighted by molar-refractivity contribution is -0.140. The van der Waals surface area contributed by atoms with Gasteiger partial charge in [-0.1, -0.05) is 12.2 Å². The predicted molar refractivity (Wildman–Crippen MR) is 113 cm³/mol. The molecule has 1 saturated carbocycles. The fourth-order valence-corrected chi connectivity index (χ4v) is 5.15. The molecule has 4 atom stereocenters. The van der Waals surface area contributed by atoms with Gasteiger partial charge in [0, 0.05) is 0 Å². The minimum Gasteiger partial charge on any atom is -0.490 e. The van der Waals surface area contributed by atoms with Crippen molar-refractivity contribution >= 4 is 40.6 Å². The number of hydrazone groups is 1. The molecule has 2 amide bonds. The van der Waals surface area contributed by atoms with Gasteiger partial charge in [-0.15, -0.1) is 0 Å². The normalized spacial score (nSPS) is 28.1. The van der Waals surface area contributed by atoms with E-state index >= 15 is 0 Å². The molecular weight excluding hydrogens is 471 g/mol. The molecule has 1 saturated heterocycles. The van der Waals surface area contributed by atoms with Crippen LogP contribution in [-0.2, 0) is 9.59 Å². The average molecular weight is 494 g/mol. The standard InChI is InChI=1S/C21H23IN2O4/c1-4-27-16-8-12(7-15(22)19(16)28-11(2)3)10-23-24-20(25)17-13-5-6-14(9-13)18(17)21(24)26/h5-8,10-11,13-14,17-18H,4,9H2,1-3H3. The number of rotatable bonds is 6. The lowest BCUT2D eigenvalue weighted by Crippen LogP contribution is -2.28. The number of allylic oxidation sites excluding steroid dienone is 2. The second-order valence-electron chi connectivity index (χ2n) is 7.66. The van der Waals surface area contributed by atoms with E-state index in [-0.39, 0.29) is 41.6 Å². The van der Waals surface area contributed by atoms with Crippen LogP contribution in [0, 0.1) is 27.2 Å². The van der Waals surface area contributed by atoms with Crippen LogP contribution in [0.1, 0.15) is 32.8 Å². The molecule has 6 nitrogen and oxygen atoms in total. The first-order chi connectivity index (χ1) is 13.4. The number of fused-ring (bicyclic) bond motifs is 5. The number of hydrogen-bond acceptors (Lipinski definition) is 5. The van der Waals surface area contributed by atoms with Gasteiger partial charge >= 0.3 is 0 Å². The monoisotopic (exact) mass is 494 g/mol. The number of halogens is 1. The molecule has 148 valence electrons. The van der Waals surface area contributed by atoms with Crippen LogP contribution in [0.25, 0.3) is 0 Å². The highest BCUT2D eigenvalue weighted by Gasteiger charge is 2.59. The van der Waals surface area contributed by atoms with Gasteiger partial charge in [0.1, 0.15) is 0 Å². The number of amides is 2. The molecule has 2 aliphatic carbocycles. The average Bonchev–Trinajstić information content (AvgIpc) is 3.31. The third-order valence-electron chi connectivity index (χ3n) is 5.45. The number of nitrogens with zero attached hydrogens (tertiary/aromatic N) is 2. The van der Waals surface area contributed by atoms with Crippen LogP contribution in [-0.4, -0.2) is 35.7 Å². The predicted octanol–water partition coefficient (Wildman–Crippen LogP) is 3.62. The van der Waals surface area contributed by atoms with Crippen molar-refractivity contribution in [1.29, 1.82) is 0 Å². The first-order valence-electron chi connectivity index (χ1n) is 9.63. The Morgan fingerprint density at radius 3 is 2.43 bits per heavy atom. The Labute approximate surface area is 178 Å². The third kappa shape index (κ3) is 3.23. The maximum Gasteiger partial charge on any atom is 0.254 e. The van der Waals surface area contributed by atoms with Gasteiger partial charge in [0.15, 0.2) is 11.5 Å². The van der Waals surface area contributed by atoms with E-state index in [0.29, 0.717) is 18.1 Å². The number of carbonyl (C=O) groups excluding carboxylic acids is 2. The van der Waals surface area contributed by atoms with E-state index in [2.05, 4.69) is 39.8 Å². The highest BCUT2D eigenvalue weighted by Crippen LogP contribution is 2.52. The lowest BCUT2D eigenvalue weighted by atomic mass is 9.85. The van der Waals surface area contributed by atoms with E-state index in [4.69, 9.17) is 9.47 Å². The Kier molecular flexibility index (Phi) is 5.20. The van der Waals surface area contributed by atoms with Crippen LogP contribution < -0.4 is 9.47 Å². The van der Waals surface area contributed by atoms with Crippen LogP contribution >= 0.6 is 22.6 Å². The van der Waals surface area contributed by atoms with E-state index in [1.807, 2.05) is 32.9 Å². The van der Waals surface area contributed by atoms with Crippen LogP contribution in [0.5, 0.6) is 11.5 Å². The van der Waals surface area contributed by atoms with Crippen molar-refractivity contribution in [3.8, 4) is 11.5 Å². The summed E-state index contributed by atoms with van der Waals surface area (Å²) < 4.78 is 12.5. The van der Waals surface area contributed by atoms with E-state index < -0.39 is 0 Å². The zero-order chi connectivity index (χ0) is 20.0. The molecule has 1 heterocycles. The third-order valence-corrected chi connectivity index (χ3v) is 6.26. The maximum absolute atomic E-state index is 12.7. The highest BCUT2D eigenvalue weighted by atomic mass is 127. The summed E-state index contributed by atoms with van der Waals surface area (Å²) >= 11 is 2.19.